The van der Waals surface area contributed by atoms with Gasteiger partial charge < -0.3 is 9.30 Å². The van der Waals surface area contributed by atoms with E-state index in [1.165, 1.54) is 10.9 Å². The van der Waals surface area contributed by atoms with Gasteiger partial charge in [0.25, 0.3) is 0 Å². The smallest absolute Gasteiger partial charge is 0.460 e. The van der Waals surface area contributed by atoms with Crippen molar-refractivity contribution in [3.8, 4) is 28.6 Å². The zero-order valence-corrected chi connectivity index (χ0v) is 23.3. The van der Waals surface area contributed by atoms with Crippen LogP contribution in [0.5, 0.6) is 11.6 Å². The molecule has 0 amide bonds. The Morgan fingerprint density at radius 2 is 1.49 bits per heavy atom. The Kier molecular flexibility index (Phi) is 6.70. The topological polar surface area (TPSA) is 39.9 Å². The van der Waals surface area contributed by atoms with E-state index in [4.69, 9.17) is 9.72 Å². The molecule has 0 aliphatic rings. The summed E-state index contributed by atoms with van der Waals surface area (Å²) in [4.78, 5) is 9.02. The molecule has 5 heteroatoms. The SMILES string of the molecule is Cc1ccnc(Oc2[c-]c(-c3[c-]c4c(cc3C)c3cc(C)ccc3n4-c3cc(C)ccn3)ccc2)c1.[Pt+2]. The summed E-state index contributed by atoms with van der Waals surface area (Å²) in [7, 11) is 0. The maximum atomic E-state index is 6.02. The summed E-state index contributed by atoms with van der Waals surface area (Å²) >= 11 is 0. The van der Waals surface area contributed by atoms with Crippen molar-refractivity contribution in [2.75, 3.05) is 0 Å². The van der Waals surface area contributed by atoms with Gasteiger partial charge in [-0.3, -0.25) is 0 Å². The normalized spacial score (nSPS) is 11.0. The van der Waals surface area contributed by atoms with Gasteiger partial charge in [0.1, 0.15) is 5.82 Å². The van der Waals surface area contributed by atoms with E-state index in [1.807, 2.05) is 49.5 Å². The Morgan fingerprint density at radius 3 is 2.27 bits per heavy atom. The molecular formula is C32H25N3OPt. The van der Waals surface area contributed by atoms with Crippen molar-refractivity contribution >= 4 is 21.8 Å². The third-order valence-electron chi connectivity index (χ3n) is 6.43. The minimum absolute atomic E-state index is 0. The Bertz CT molecular complexity index is 1770. The van der Waals surface area contributed by atoms with Gasteiger partial charge in [-0.25, -0.2) is 21.1 Å². The minimum Gasteiger partial charge on any atom is -0.460 e. The number of pyridine rings is 2. The standard InChI is InChI=1S/C32H25N3O.Pt/c1-20-8-9-29-27(14-20)28-17-23(4)26(19-30(28)35(29)31-15-21(2)10-12-33-31)24-6-5-7-25(18-24)36-32-16-22(3)11-13-34-32;/h5-17H,1-4H3;/q-2;+2. The Labute approximate surface area is 231 Å². The Hall–Kier alpha value is -3.75. The van der Waals surface area contributed by atoms with Crippen LogP contribution in [0.25, 0.3) is 38.8 Å². The third kappa shape index (κ3) is 4.70. The maximum absolute atomic E-state index is 6.02. The van der Waals surface area contributed by atoms with Crippen molar-refractivity contribution in [2.24, 2.45) is 0 Å². The van der Waals surface area contributed by atoms with E-state index in [1.54, 1.807) is 6.20 Å². The molecule has 0 fully saturated rings. The third-order valence-corrected chi connectivity index (χ3v) is 6.43. The second-order valence-corrected chi connectivity index (χ2v) is 9.34. The molecule has 0 bridgehead atoms. The van der Waals surface area contributed by atoms with Crippen molar-refractivity contribution in [2.45, 2.75) is 27.7 Å². The van der Waals surface area contributed by atoms with Crippen molar-refractivity contribution in [1.82, 2.24) is 14.5 Å². The molecule has 0 saturated heterocycles. The van der Waals surface area contributed by atoms with E-state index in [-0.39, 0.29) is 21.1 Å². The number of aryl methyl sites for hydroxylation is 4. The molecule has 0 saturated carbocycles. The molecule has 37 heavy (non-hydrogen) atoms. The summed E-state index contributed by atoms with van der Waals surface area (Å²) in [5.74, 6) is 2.06. The first kappa shape index (κ1) is 24.9. The molecule has 3 aromatic heterocycles. The summed E-state index contributed by atoms with van der Waals surface area (Å²) < 4.78 is 8.23. The summed E-state index contributed by atoms with van der Waals surface area (Å²) in [6.07, 6.45) is 3.61. The molecule has 0 N–H and O–H groups in total. The van der Waals surface area contributed by atoms with E-state index in [0.717, 1.165) is 50.1 Å². The van der Waals surface area contributed by atoms with Crippen LogP contribution in [0, 0.1) is 39.8 Å². The van der Waals surface area contributed by atoms with Gasteiger partial charge >= 0.3 is 21.1 Å². The predicted octanol–water partition coefficient (Wildman–Crippen LogP) is 7.86. The van der Waals surface area contributed by atoms with E-state index < -0.39 is 0 Å². The number of hydrogen-bond donors (Lipinski definition) is 0. The van der Waals surface area contributed by atoms with Crippen molar-refractivity contribution in [1.29, 1.82) is 0 Å². The van der Waals surface area contributed by atoms with Gasteiger partial charge in [-0.15, -0.1) is 18.2 Å². The summed E-state index contributed by atoms with van der Waals surface area (Å²) in [5, 5.41) is 2.36. The monoisotopic (exact) mass is 662 g/mol. The van der Waals surface area contributed by atoms with Crippen LogP contribution in [-0.4, -0.2) is 14.5 Å². The van der Waals surface area contributed by atoms with Gasteiger partial charge in [0.15, 0.2) is 0 Å². The predicted molar refractivity (Wildman–Crippen MR) is 145 cm³/mol. The molecule has 0 radical (unpaired) electrons. The summed E-state index contributed by atoms with van der Waals surface area (Å²) in [6.45, 7) is 8.36. The molecular weight excluding hydrogens is 637 g/mol. The molecule has 0 spiro atoms. The van der Waals surface area contributed by atoms with Crippen LogP contribution in [0.15, 0.2) is 79.1 Å². The molecule has 0 unspecified atom stereocenters. The first-order chi connectivity index (χ1) is 17.5. The van der Waals surface area contributed by atoms with Crippen LogP contribution in [0.1, 0.15) is 22.3 Å². The number of benzene rings is 3. The summed E-state index contributed by atoms with van der Waals surface area (Å²) in [5.41, 5.74) is 8.63. The van der Waals surface area contributed by atoms with Crippen molar-refractivity contribution < 1.29 is 25.8 Å². The van der Waals surface area contributed by atoms with Crippen LogP contribution >= 0.6 is 0 Å². The van der Waals surface area contributed by atoms with Gasteiger partial charge in [0.05, 0.1) is 0 Å². The van der Waals surface area contributed by atoms with Crippen LogP contribution in [0.3, 0.4) is 0 Å². The van der Waals surface area contributed by atoms with Crippen LogP contribution in [0.2, 0.25) is 0 Å². The molecule has 184 valence electrons. The molecule has 6 rings (SSSR count). The van der Waals surface area contributed by atoms with Gasteiger partial charge in [0.2, 0.25) is 5.88 Å². The largest absolute Gasteiger partial charge is 2.00 e. The fourth-order valence-electron chi connectivity index (χ4n) is 4.69. The van der Waals surface area contributed by atoms with E-state index in [0.29, 0.717) is 11.6 Å². The fourth-order valence-corrected chi connectivity index (χ4v) is 4.69. The zero-order valence-electron chi connectivity index (χ0n) is 21.1. The van der Waals surface area contributed by atoms with E-state index in [2.05, 4.69) is 72.8 Å². The molecule has 6 aromatic rings. The maximum Gasteiger partial charge on any atom is 2.00 e. The second-order valence-electron chi connectivity index (χ2n) is 9.34. The average Bonchev–Trinajstić information content (AvgIpc) is 3.16. The number of ether oxygens (including phenoxy) is 1. The van der Waals surface area contributed by atoms with E-state index >= 15 is 0 Å². The average molecular weight is 663 g/mol. The molecule has 4 nitrogen and oxygen atoms in total. The Balaban J connectivity index is 0.00000280. The van der Waals surface area contributed by atoms with Gasteiger partial charge in [-0.1, -0.05) is 30.0 Å². The van der Waals surface area contributed by atoms with Gasteiger partial charge in [-0.05, 0) is 67.1 Å². The summed E-state index contributed by atoms with van der Waals surface area (Å²) in [6, 6.07) is 29.9. The van der Waals surface area contributed by atoms with Gasteiger partial charge in [0, 0.05) is 29.7 Å². The quantitative estimate of drug-likeness (QED) is 0.181. The zero-order chi connectivity index (χ0) is 24.8. The molecule has 0 atom stereocenters. The minimum atomic E-state index is 0. The molecule has 0 aliphatic carbocycles. The number of nitrogens with zero attached hydrogens (tertiary/aromatic N) is 3. The number of fused-ring (bicyclic) bond motifs is 3. The fraction of sp³-hybridized carbons (Fsp3) is 0.125. The number of aromatic nitrogens is 3. The van der Waals surface area contributed by atoms with Crippen molar-refractivity contribution in [3.05, 3.63) is 114 Å². The van der Waals surface area contributed by atoms with E-state index in [9.17, 15) is 0 Å². The Morgan fingerprint density at radius 1 is 0.730 bits per heavy atom. The first-order valence-electron chi connectivity index (χ1n) is 12.0. The second kappa shape index (κ2) is 9.95. The number of rotatable bonds is 4. The van der Waals surface area contributed by atoms with Gasteiger partial charge in [-0.2, -0.15) is 23.8 Å². The molecule has 3 heterocycles. The van der Waals surface area contributed by atoms with Crippen LogP contribution < -0.4 is 4.74 Å². The van der Waals surface area contributed by atoms with Crippen LogP contribution in [-0.2, 0) is 21.1 Å². The van der Waals surface area contributed by atoms with Crippen molar-refractivity contribution in [3.63, 3.8) is 0 Å². The number of hydrogen-bond acceptors (Lipinski definition) is 3. The first-order valence-corrected chi connectivity index (χ1v) is 12.0. The molecule has 3 aromatic carbocycles. The molecule has 0 aliphatic heterocycles. The van der Waals surface area contributed by atoms with Crippen LogP contribution in [0.4, 0.5) is 0 Å².